The van der Waals surface area contributed by atoms with E-state index in [1.165, 1.54) is 0 Å². The van der Waals surface area contributed by atoms with E-state index in [-0.39, 0.29) is 30.7 Å². The van der Waals surface area contributed by atoms with Gasteiger partial charge in [0.05, 0.1) is 12.5 Å². The Labute approximate surface area is 163 Å². The van der Waals surface area contributed by atoms with Crippen LogP contribution in [0.15, 0.2) is 36.7 Å². The first-order valence-corrected chi connectivity index (χ1v) is 8.56. The van der Waals surface area contributed by atoms with Crippen LogP contribution in [0.3, 0.4) is 0 Å². The van der Waals surface area contributed by atoms with Gasteiger partial charge in [-0.25, -0.2) is 0 Å². The van der Waals surface area contributed by atoms with E-state index in [1.807, 2.05) is 38.1 Å². The van der Waals surface area contributed by atoms with Crippen molar-refractivity contribution in [3.63, 3.8) is 0 Å². The van der Waals surface area contributed by atoms with Crippen molar-refractivity contribution in [1.82, 2.24) is 4.98 Å². The molecule has 0 bridgehead atoms. The molecule has 1 atom stereocenters. The molecule has 1 unspecified atom stereocenters. The molecule has 132 valence electrons. The monoisotopic (exact) mass is 336 g/mol. The summed E-state index contributed by atoms with van der Waals surface area (Å²) in [4.78, 5) is 15.8. The minimum atomic E-state index is -0.249. The number of carbonyl (C=O) groups excluding carboxylic acids is 1. The summed E-state index contributed by atoms with van der Waals surface area (Å²) >= 11 is 0. The van der Waals surface area contributed by atoms with Crippen LogP contribution in [-0.4, -0.2) is 29.6 Å². The van der Waals surface area contributed by atoms with Gasteiger partial charge in [0, 0.05) is 17.8 Å². The molecule has 1 heterocycles. The maximum absolute atomic E-state index is 11.7. The van der Waals surface area contributed by atoms with E-state index < -0.39 is 0 Å². The number of nitrogens with zero attached hydrogens (tertiary/aromatic N) is 2. The standard InChI is InChI=1S/C14H15NO2.C6H14N.Li/c1-3-17-14(16)10(2)12-6-4-5-11-9-15-8-7-13(11)12;1-5(2)7-6(3)4;/h4-10H,3H2,1-2H3;5-6H,1-4H3;/q;-1;+1. The van der Waals surface area contributed by atoms with Gasteiger partial charge in [0.15, 0.2) is 0 Å². The van der Waals surface area contributed by atoms with Crippen molar-refractivity contribution in [3.8, 4) is 0 Å². The molecular formula is C20H29LiN2O2. The summed E-state index contributed by atoms with van der Waals surface area (Å²) in [5, 5.41) is 6.38. The van der Waals surface area contributed by atoms with Crippen molar-refractivity contribution in [1.29, 1.82) is 0 Å². The minimum Gasteiger partial charge on any atom is -0.658 e. The predicted octanol–water partition coefficient (Wildman–Crippen LogP) is 2.08. The second kappa shape index (κ2) is 12.1. The fraction of sp³-hybridized carbons (Fsp3) is 0.500. The smallest absolute Gasteiger partial charge is 0.658 e. The van der Waals surface area contributed by atoms with Gasteiger partial charge in [-0.15, -0.1) is 12.1 Å². The molecule has 0 saturated heterocycles. The van der Waals surface area contributed by atoms with Crippen LogP contribution in [0, 0.1) is 0 Å². The summed E-state index contributed by atoms with van der Waals surface area (Å²) in [7, 11) is 0. The molecule has 0 fully saturated rings. The van der Waals surface area contributed by atoms with Crippen molar-refractivity contribution < 1.29 is 28.4 Å². The summed E-state index contributed by atoms with van der Waals surface area (Å²) in [6.45, 7) is 12.5. The summed E-state index contributed by atoms with van der Waals surface area (Å²) < 4.78 is 5.05. The molecular weight excluding hydrogens is 307 g/mol. The molecule has 2 aromatic rings. The number of esters is 1. The Hall–Kier alpha value is -1.34. The van der Waals surface area contributed by atoms with Crippen LogP contribution >= 0.6 is 0 Å². The molecule has 1 aromatic carbocycles. The SMILES string of the molecule is CC(C)[N-]C(C)C.CCOC(=O)C(C)c1cccc2cnccc12.[Li+]. The van der Waals surface area contributed by atoms with Gasteiger partial charge in [-0.2, -0.15) is 0 Å². The van der Waals surface area contributed by atoms with Crippen LogP contribution in [-0.2, 0) is 9.53 Å². The molecule has 1 aromatic heterocycles. The number of aromatic nitrogens is 1. The van der Waals surface area contributed by atoms with Gasteiger partial charge in [0.2, 0.25) is 0 Å². The number of rotatable bonds is 5. The van der Waals surface area contributed by atoms with Crippen molar-refractivity contribution >= 4 is 16.7 Å². The Balaban J connectivity index is 0.000000620. The Morgan fingerprint density at radius 2 is 1.76 bits per heavy atom. The van der Waals surface area contributed by atoms with E-state index in [2.05, 4.69) is 38.0 Å². The first-order chi connectivity index (χ1) is 11.4. The van der Waals surface area contributed by atoms with Gasteiger partial charge in [-0.3, -0.25) is 9.78 Å². The maximum Gasteiger partial charge on any atom is 1.00 e. The zero-order valence-corrected chi connectivity index (χ0v) is 16.6. The van der Waals surface area contributed by atoms with Gasteiger partial charge in [0.1, 0.15) is 0 Å². The predicted molar refractivity (Wildman–Crippen MR) is 100 cm³/mol. The third-order valence-corrected chi connectivity index (χ3v) is 3.42. The fourth-order valence-electron chi connectivity index (χ4n) is 2.52. The zero-order chi connectivity index (χ0) is 18.1. The largest absolute Gasteiger partial charge is 1.00 e. The van der Waals surface area contributed by atoms with Crippen LogP contribution in [0.5, 0.6) is 0 Å². The van der Waals surface area contributed by atoms with E-state index in [4.69, 9.17) is 4.74 Å². The second-order valence-corrected chi connectivity index (χ2v) is 6.25. The average Bonchev–Trinajstić information content (AvgIpc) is 2.53. The number of hydrogen-bond donors (Lipinski definition) is 0. The van der Waals surface area contributed by atoms with Crippen molar-refractivity contribution in [2.75, 3.05) is 6.61 Å². The average molecular weight is 336 g/mol. The third-order valence-electron chi connectivity index (χ3n) is 3.42. The maximum atomic E-state index is 11.7. The Morgan fingerprint density at radius 3 is 2.28 bits per heavy atom. The van der Waals surface area contributed by atoms with E-state index in [9.17, 15) is 4.79 Å². The van der Waals surface area contributed by atoms with Crippen LogP contribution in [0.4, 0.5) is 0 Å². The van der Waals surface area contributed by atoms with Gasteiger partial charge in [-0.05, 0) is 30.9 Å². The summed E-state index contributed by atoms with van der Waals surface area (Å²) in [5.74, 6) is -0.433. The van der Waals surface area contributed by atoms with E-state index in [0.717, 1.165) is 16.3 Å². The number of fused-ring (bicyclic) bond motifs is 1. The first-order valence-electron chi connectivity index (χ1n) is 8.56. The van der Waals surface area contributed by atoms with Crippen molar-refractivity contribution in [2.45, 2.75) is 59.5 Å². The van der Waals surface area contributed by atoms with Crippen LogP contribution in [0.1, 0.15) is 53.0 Å². The summed E-state index contributed by atoms with van der Waals surface area (Å²) in [6.07, 6.45) is 3.54. The Morgan fingerprint density at radius 1 is 1.12 bits per heavy atom. The molecule has 25 heavy (non-hydrogen) atoms. The van der Waals surface area contributed by atoms with Gasteiger partial charge in [-0.1, -0.05) is 45.9 Å². The Kier molecular flexibility index (Phi) is 11.4. The van der Waals surface area contributed by atoms with Crippen LogP contribution in [0.2, 0.25) is 0 Å². The topological polar surface area (TPSA) is 53.3 Å². The molecule has 0 aliphatic rings. The normalized spacial score (nSPS) is 11.5. The van der Waals surface area contributed by atoms with Crippen LogP contribution < -0.4 is 18.9 Å². The molecule has 0 saturated carbocycles. The molecule has 5 heteroatoms. The van der Waals surface area contributed by atoms with Gasteiger partial charge < -0.3 is 10.1 Å². The van der Waals surface area contributed by atoms with Crippen LogP contribution in [0.25, 0.3) is 16.1 Å². The molecule has 0 aliphatic carbocycles. The van der Waals surface area contributed by atoms with E-state index in [0.29, 0.717) is 18.7 Å². The van der Waals surface area contributed by atoms with E-state index >= 15 is 0 Å². The molecule has 0 N–H and O–H groups in total. The number of carbonyl (C=O) groups is 1. The third kappa shape index (κ3) is 8.05. The molecule has 0 spiro atoms. The van der Waals surface area contributed by atoms with Crippen molar-refractivity contribution in [3.05, 3.63) is 47.5 Å². The van der Waals surface area contributed by atoms with Crippen molar-refractivity contribution in [2.24, 2.45) is 0 Å². The fourth-order valence-corrected chi connectivity index (χ4v) is 2.52. The van der Waals surface area contributed by atoms with Gasteiger partial charge in [0.25, 0.3) is 0 Å². The quantitative estimate of drug-likeness (QED) is 0.620. The Bertz CT molecular complexity index is 633. The zero-order valence-electron chi connectivity index (χ0n) is 16.6. The molecule has 0 amide bonds. The first kappa shape index (κ1) is 23.7. The second-order valence-electron chi connectivity index (χ2n) is 6.25. The summed E-state index contributed by atoms with van der Waals surface area (Å²) in [5.41, 5.74) is 0.989. The molecule has 4 nitrogen and oxygen atoms in total. The number of benzene rings is 1. The summed E-state index contributed by atoms with van der Waals surface area (Å²) in [6, 6.07) is 8.82. The van der Waals surface area contributed by atoms with E-state index in [1.54, 1.807) is 12.4 Å². The molecule has 2 rings (SSSR count). The number of pyridine rings is 1. The minimum absolute atomic E-state index is 0. The molecule has 0 aliphatic heterocycles. The number of hydrogen-bond acceptors (Lipinski definition) is 3. The van der Waals surface area contributed by atoms with Gasteiger partial charge >= 0.3 is 24.8 Å². The molecule has 0 radical (unpaired) electrons. The number of ether oxygens (including phenoxy) is 1.